The Morgan fingerprint density at radius 1 is 1.33 bits per heavy atom. The fourth-order valence-corrected chi connectivity index (χ4v) is 3.20. The molecule has 3 rings (SSSR count). The predicted octanol–water partition coefficient (Wildman–Crippen LogP) is 2.32. The van der Waals surface area contributed by atoms with E-state index in [1.165, 1.54) is 6.42 Å². The Labute approximate surface area is 124 Å². The Morgan fingerprint density at radius 2 is 2.10 bits per heavy atom. The fourth-order valence-electron chi connectivity index (χ4n) is 3.20. The molecule has 1 fully saturated rings. The highest BCUT2D eigenvalue weighted by atomic mass is 16.6. The molecule has 0 radical (unpaired) electrons. The number of carbonyl (C=O) groups is 1. The highest BCUT2D eigenvalue weighted by molar-refractivity contribution is 5.76. The van der Waals surface area contributed by atoms with Gasteiger partial charge in [-0.1, -0.05) is 13.0 Å². The van der Waals surface area contributed by atoms with Gasteiger partial charge in [0.1, 0.15) is 19.3 Å². The van der Waals surface area contributed by atoms with Gasteiger partial charge in [0.2, 0.25) is 0 Å². The van der Waals surface area contributed by atoms with E-state index in [2.05, 4.69) is 11.8 Å². The molecular weight excluding hydrogens is 270 g/mol. The van der Waals surface area contributed by atoms with Crippen LogP contribution in [0.5, 0.6) is 11.5 Å². The quantitative estimate of drug-likeness (QED) is 0.926. The van der Waals surface area contributed by atoms with E-state index in [-0.39, 0.29) is 0 Å². The minimum Gasteiger partial charge on any atom is -0.486 e. The van der Waals surface area contributed by atoms with Crippen LogP contribution in [-0.4, -0.2) is 42.3 Å². The van der Waals surface area contributed by atoms with Crippen molar-refractivity contribution in [3.8, 4) is 11.5 Å². The summed E-state index contributed by atoms with van der Waals surface area (Å²) in [5.74, 6) is 1.08. The summed E-state index contributed by atoms with van der Waals surface area (Å²) in [7, 11) is 0. The second kappa shape index (κ2) is 5.93. The van der Waals surface area contributed by atoms with E-state index in [4.69, 9.17) is 9.47 Å². The van der Waals surface area contributed by atoms with Crippen LogP contribution >= 0.6 is 0 Å². The molecular formula is C16H21NO4. The Hall–Kier alpha value is -1.75. The lowest BCUT2D eigenvalue weighted by Gasteiger charge is -2.35. The third-order valence-corrected chi connectivity index (χ3v) is 4.17. The molecule has 0 aromatic heterocycles. The van der Waals surface area contributed by atoms with Crippen molar-refractivity contribution in [1.82, 2.24) is 4.90 Å². The molecule has 0 amide bonds. The fraction of sp³-hybridized carbons (Fsp3) is 0.562. The maximum Gasteiger partial charge on any atom is 0.325 e. The molecule has 0 spiro atoms. The molecule has 1 saturated heterocycles. The molecule has 2 aliphatic heterocycles. The van der Waals surface area contributed by atoms with Crippen molar-refractivity contribution in [3.05, 3.63) is 23.8 Å². The lowest BCUT2D eigenvalue weighted by molar-refractivity contribution is -0.144. The molecule has 0 bridgehead atoms. The Morgan fingerprint density at radius 3 is 2.81 bits per heavy atom. The van der Waals surface area contributed by atoms with E-state index in [1.54, 1.807) is 0 Å². The number of carboxylic acids is 1. The number of hydrogen-bond acceptors (Lipinski definition) is 4. The minimum atomic E-state index is -0.805. The standard InChI is InChI=1S/C16H21NO4/c1-11-3-2-6-17(10-11)15(16(18)19)12-4-5-13-14(9-12)21-8-7-20-13/h4-5,9,11,15H,2-3,6-8,10H2,1H3,(H,18,19). The van der Waals surface area contributed by atoms with E-state index in [9.17, 15) is 9.90 Å². The number of aliphatic carboxylic acids is 1. The van der Waals surface area contributed by atoms with Crippen molar-refractivity contribution < 1.29 is 19.4 Å². The monoisotopic (exact) mass is 291 g/mol. The molecule has 21 heavy (non-hydrogen) atoms. The van der Waals surface area contributed by atoms with Crippen LogP contribution in [0.25, 0.3) is 0 Å². The van der Waals surface area contributed by atoms with Gasteiger partial charge in [0, 0.05) is 6.54 Å². The molecule has 1 aromatic rings. The first-order chi connectivity index (χ1) is 10.1. The van der Waals surface area contributed by atoms with Crippen LogP contribution in [0.3, 0.4) is 0 Å². The van der Waals surface area contributed by atoms with Gasteiger partial charge in [-0.3, -0.25) is 9.69 Å². The van der Waals surface area contributed by atoms with Crippen LogP contribution in [-0.2, 0) is 4.79 Å². The van der Waals surface area contributed by atoms with Gasteiger partial charge in [0.25, 0.3) is 0 Å². The first kappa shape index (κ1) is 14.2. The smallest absolute Gasteiger partial charge is 0.325 e. The number of fused-ring (bicyclic) bond motifs is 1. The molecule has 0 saturated carbocycles. The van der Waals surface area contributed by atoms with E-state index in [0.717, 1.165) is 25.1 Å². The molecule has 1 aromatic carbocycles. The van der Waals surface area contributed by atoms with Crippen LogP contribution < -0.4 is 9.47 Å². The average molecular weight is 291 g/mol. The van der Waals surface area contributed by atoms with Gasteiger partial charge in [-0.05, 0) is 43.0 Å². The molecule has 2 unspecified atom stereocenters. The van der Waals surface area contributed by atoms with Crippen molar-refractivity contribution in [2.24, 2.45) is 5.92 Å². The van der Waals surface area contributed by atoms with E-state index in [0.29, 0.717) is 30.6 Å². The summed E-state index contributed by atoms with van der Waals surface area (Å²) >= 11 is 0. The van der Waals surface area contributed by atoms with Crippen molar-refractivity contribution in [1.29, 1.82) is 0 Å². The summed E-state index contributed by atoms with van der Waals surface area (Å²) in [6.45, 7) is 4.88. The zero-order chi connectivity index (χ0) is 14.8. The predicted molar refractivity (Wildman–Crippen MR) is 77.8 cm³/mol. The zero-order valence-corrected chi connectivity index (χ0v) is 12.2. The second-order valence-electron chi connectivity index (χ2n) is 5.89. The first-order valence-electron chi connectivity index (χ1n) is 7.51. The highest BCUT2D eigenvalue weighted by Crippen LogP contribution is 2.35. The summed E-state index contributed by atoms with van der Waals surface area (Å²) in [5, 5.41) is 9.66. The Bertz CT molecular complexity index is 531. The van der Waals surface area contributed by atoms with Crippen molar-refractivity contribution in [2.75, 3.05) is 26.3 Å². The average Bonchev–Trinajstić information content (AvgIpc) is 2.47. The van der Waals surface area contributed by atoms with E-state index < -0.39 is 12.0 Å². The normalized spacial score (nSPS) is 23.6. The third kappa shape index (κ3) is 2.97. The van der Waals surface area contributed by atoms with Crippen molar-refractivity contribution >= 4 is 5.97 Å². The van der Waals surface area contributed by atoms with Crippen LogP contribution in [0.4, 0.5) is 0 Å². The first-order valence-corrected chi connectivity index (χ1v) is 7.51. The maximum atomic E-state index is 11.8. The van der Waals surface area contributed by atoms with Crippen LogP contribution in [0.1, 0.15) is 31.4 Å². The summed E-state index contributed by atoms with van der Waals surface area (Å²) < 4.78 is 11.1. The number of nitrogens with zero attached hydrogens (tertiary/aromatic N) is 1. The van der Waals surface area contributed by atoms with Gasteiger partial charge in [-0.15, -0.1) is 0 Å². The lowest BCUT2D eigenvalue weighted by atomic mass is 9.96. The number of carboxylic acid groups (broad SMARTS) is 1. The summed E-state index contributed by atoms with van der Waals surface area (Å²) in [5.41, 5.74) is 0.765. The van der Waals surface area contributed by atoms with Crippen LogP contribution in [0.2, 0.25) is 0 Å². The maximum absolute atomic E-state index is 11.8. The minimum absolute atomic E-state index is 0.509. The largest absolute Gasteiger partial charge is 0.486 e. The number of rotatable bonds is 3. The number of ether oxygens (including phenoxy) is 2. The third-order valence-electron chi connectivity index (χ3n) is 4.17. The van der Waals surface area contributed by atoms with Gasteiger partial charge in [0.05, 0.1) is 0 Å². The lowest BCUT2D eigenvalue weighted by Crippen LogP contribution is -2.40. The molecule has 2 aliphatic rings. The van der Waals surface area contributed by atoms with Crippen LogP contribution in [0.15, 0.2) is 18.2 Å². The van der Waals surface area contributed by atoms with Crippen molar-refractivity contribution in [3.63, 3.8) is 0 Å². The Balaban J connectivity index is 1.88. The summed E-state index contributed by atoms with van der Waals surface area (Å²) in [6, 6.07) is 4.86. The number of benzene rings is 1. The van der Waals surface area contributed by atoms with Crippen molar-refractivity contribution in [2.45, 2.75) is 25.8 Å². The van der Waals surface area contributed by atoms with Crippen LogP contribution in [0, 0.1) is 5.92 Å². The number of likely N-dealkylation sites (tertiary alicyclic amines) is 1. The molecule has 114 valence electrons. The van der Waals surface area contributed by atoms with Gasteiger partial charge in [-0.25, -0.2) is 0 Å². The topological polar surface area (TPSA) is 59.0 Å². The highest BCUT2D eigenvalue weighted by Gasteiger charge is 2.31. The molecule has 5 heteroatoms. The Kier molecular flexibility index (Phi) is 4.01. The second-order valence-corrected chi connectivity index (χ2v) is 5.89. The van der Waals surface area contributed by atoms with Gasteiger partial charge in [0.15, 0.2) is 11.5 Å². The molecule has 0 aliphatic carbocycles. The summed E-state index contributed by atoms with van der Waals surface area (Å²) in [4.78, 5) is 13.8. The number of hydrogen-bond donors (Lipinski definition) is 1. The van der Waals surface area contributed by atoms with Gasteiger partial charge < -0.3 is 14.6 Å². The summed E-state index contributed by atoms with van der Waals surface area (Å²) in [6.07, 6.45) is 2.22. The number of piperidine rings is 1. The molecule has 5 nitrogen and oxygen atoms in total. The van der Waals surface area contributed by atoms with Gasteiger partial charge in [-0.2, -0.15) is 0 Å². The van der Waals surface area contributed by atoms with Gasteiger partial charge >= 0.3 is 5.97 Å². The van der Waals surface area contributed by atoms with E-state index in [1.807, 2.05) is 18.2 Å². The SMILES string of the molecule is CC1CCCN(C(C(=O)O)c2ccc3c(c2)OCCO3)C1. The molecule has 2 atom stereocenters. The van der Waals surface area contributed by atoms with E-state index >= 15 is 0 Å². The molecule has 1 N–H and O–H groups in total. The zero-order valence-electron chi connectivity index (χ0n) is 12.2. The molecule has 2 heterocycles.